The van der Waals surface area contributed by atoms with Crippen LogP contribution >= 0.6 is 0 Å². The van der Waals surface area contributed by atoms with E-state index < -0.39 is 18.0 Å². The van der Waals surface area contributed by atoms with E-state index in [-0.39, 0.29) is 6.10 Å². The maximum Gasteiger partial charge on any atom is 0.321 e. The van der Waals surface area contributed by atoms with E-state index in [1.165, 1.54) is 0 Å². The molecule has 1 rings (SSSR count). The highest BCUT2D eigenvalue weighted by Gasteiger charge is 2.24. The van der Waals surface area contributed by atoms with Crippen LogP contribution in [0.25, 0.3) is 0 Å². The second-order valence-corrected chi connectivity index (χ2v) is 3.41. The van der Waals surface area contributed by atoms with Gasteiger partial charge in [-0.1, -0.05) is 0 Å². The van der Waals surface area contributed by atoms with Crippen molar-refractivity contribution >= 4 is 11.9 Å². The van der Waals surface area contributed by atoms with Gasteiger partial charge in [0, 0.05) is 19.6 Å². The summed E-state index contributed by atoms with van der Waals surface area (Å²) in [6.07, 6.45) is -0.514. The van der Waals surface area contributed by atoms with Gasteiger partial charge < -0.3 is 15.4 Å². The minimum atomic E-state index is -0.597. The fourth-order valence-corrected chi connectivity index (χ4v) is 1.13. The van der Waals surface area contributed by atoms with Crippen molar-refractivity contribution in [3.63, 3.8) is 0 Å². The molecule has 15 heavy (non-hydrogen) atoms. The molecular weight excluding hydrogens is 198 g/mol. The van der Waals surface area contributed by atoms with E-state index in [0.29, 0.717) is 6.54 Å². The highest BCUT2D eigenvalue weighted by Crippen LogP contribution is 2.02. The van der Waals surface area contributed by atoms with Crippen LogP contribution < -0.4 is 16.0 Å². The van der Waals surface area contributed by atoms with Crippen LogP contribution in [0.2, 0.25) is 0 Å². The van der Waals surface area contributed by atoms with Crippen molar-refractivity contribution in [3.8, 4) is 0 Å². The quantitative estimate of drug-likeness (QED) is 0.574. The molecule has 1 unspecified atom stereocenters. The van der Waals surface area contributed by atoms with E-state index in [2.05, 4.69) is 16.0 Å². The molecule has 0 spiro atoms. The van der Waals surface area contributed by atoms with Crippen LogP contribution in [0.5, 0.6) is 0 Å². The van der Waals surface area contributed by atoms with Crippen LogP contribution in [0.3, 0.4) is 0 Å². The summed E-state index contributed by atoms with van der Waals surface area (Å²) in [4.78, 5) is 22.4. The zero-order chi connectivity index (χ0) is 11.3. The second kappa shape index (κ2) is 5.67. The van der Waals surface area contributed by atoms with Gasteiger partial charge in [0.05, 0.1) is 6.10 Å². The van der Waals surface area contributed by atoms with E-state index >= 15 is 0 Å². The van der Waals surface area contributed by atoms with E-state index in [1.54, 1.807) is 13.8 Å². The molecular formula is C9H17N3O3. The monoisotopic (exact) mass is 215 g/mol. The lowest BCUT2D eigenvalue weighted by atomic mass is 10.2. The molecule has 0 aromatic carbocycles. The first-order valence-corrected chi connectivity index (χ1v) is 5.08. The second-order valence-electron chi connectivity index (χ2n) is 3.41. The summed E-state index contributed by atoms with van der Waals surface area (Å²) in [5, 5.41) is 7.70. The summed E-state index contributed by atoms with van der Waals surface area (Å²) in [6.45, 7) is 5.43. The molecule has 0 aliphatic carbocycles. The van der Waals surface area contributed by atoms with Crippen LogP contribution in [0, 0.1) is 0 Å². The van der Waals surface area contributed by atoms with Crippen molar-refractivity contribution in [2.24, 2.45) is 0 Å². The Labute approximate surface area is 88.7 Å². The molecule has 1 fully saturated rings. The molecule has 1 aliphatic heterocycles. The standard InChI is InChI=1S/C9H17N3O3/c1-3-11-9(14)12-8(13)6(2)15-7-4-10-5-7/h6-7,10H,3-5H2,1-2H3,(H2,11,12,13,14). The smallest absolute Gasteiger partial charge is 0.321 e. The molecule has 0 aromatic heterocycles. The highest BCUT2D eigenvalue weighted by atomic mass is 16.5. The molecule has 1 aliphatic rings. The van der Waals surface area contributed by atoms with E-state index in [4.69, 9.17) is 4.74 Å². The lowest BCUT2D eigenvalue weighted by Crippen LogP contribution is -2.52. The van der Waals surface area contributed by atoms with Gasteiger partial charge in [-0.05, 0) is 13.8 Å². The number of urea groups is 1. The number of carbonyl (C=O) groups excluding carboxylic acids is 2. The van der Waals surface area contributed by atoms with E-state index in [9.17, 15) is 9.59 Å². The Bertz CT molecular complexity index is 241. The van der Waals surface area contributed by atoms with Gasteiger partial charge in [0.25, 0.3) is 5.91 Å². The number of amides is 3. The fourth-order valence-electron chi connectivity index (χ4n) is 1.13. The number of imide groups is 1. The zero-order valence-electron chi connectivity index (χ0n) is 9.00. The van der Waals surface area contributed by atoms with Crippen LogP contribution in [0.15, 0.2) is 0 Å². The van der Waals surface area contributed by atoms with Gasteiger partial charge in [0.15, 0.2) is 0 Å². The summed E-state index contributed by atoms with van der Waals surface area (Å²) < 4.78 is 5.37. The van der Waals surface area contributed by atoms with Gasteiger partial charge in [-0.25, -0.2) is 4.79 Å². The molecule has 1 heterocycles. The van der Waals surface area contributed by atoms with Crippen molar-refractivity contribution in [1.29, 1.82) is 0 Å². The third kappa shape index (κ3) is 3.85. The third-order valence-electron chi connectivity index (χ3n) is 2.08. The molecule has 1 saturated heterocycles. The molecule has 0 aromatic rings. The number of hydrogen-bond donors (Lipinski definition) is 3. The van der Waals surface area contributed by atoms with Crippen LogP contribution in [0.1, 0.15) is 13.8 Å². The first kappa shape index (κ1) is 11.9. The largest absolute Gasteiger partial charge is 0.363 e. The Hall–Kier alpha value is -1.14. The van der Waals surface area contributed by atoms with Gasteiger partial charge in [-0.3, -0.25) is 10.1 Å². The molecule has 6 heteroatoms. The summed E-state index contributed by atoms with van der Waals surface area (Å²) in [7, 11) is 0. The molecule has 3 amide bonds. The van der Waals surface area contributed by atoms with E-state index in [0.717, 1.165) is 13.1 Å². The Kier molecular flexibility index (Phi) is 4.51. The van der Waals surface area contributed by atoms with Gasteiger partial charge in [0.2, 0.25) is 0 Å². The summed E-state index contributed by atoms with van der Waals surface area (Å²) in [6, 6.07) is -0.482. The average molecular weight is 215 g/mol. The Balaban J connectivity index is 2.22. The predicted octanol–water partition coefficient (Wildman–Crippen LogP) is -0.791. The van der Waals surface area contributed by atoms with Gasteiger partial charge in [0.1, 0.15) is 6.10 Å². The molecule has 0 bridgehead atoms. The van der Waals surface area contributed by atoms with Crippen molar-refractivity contribution in [3.05, 3.63) is 0 Å². The van der Waals surface area contributed by atoms with Crippen LogP contribution in [-0.4, -0.2) is 43.8 Å². The Morgan fingerprint density at radius 1 is 1.53 bits per heavy atom. The number of carbonyl (C=O) groups is 2. The normalized spacial score (nSPS) is 17.7. The molecule has 3 N–H and O–H groups in total. The SMILES string of the molecule is CCNC(=O)NC(=O)C(C)OC1CNC1. The lowest BCUT2D eigenvalue weighted by Gasteiger charge is -2.29. The number of rotatable bonds is 4. The summed E-state index contributed by atoms with van der Waals surface area (Å²) in [5.41, 5.74) is 0. The van der Waals surface area contributed by atoms with Crippen molar-refractivity contribution < 1.29 is 14.3 Å². The number of hydrogen-bond acceptors (Lipinski definition) is 4. The van der Waals surface area contributed by atoms with Crippen molar-refractivity contribution in [2.75, 3.05) is 19.6 Å². The van der Waals surface area contributed by atoms with Crippen molar-refractivity contribution in [1.82, 2.24) is 16.0 Å². The number of nitrogens with one attached hydrogen (secondary N) is 3. The summed E-state index contributed by atoms with van der Waals surface area (Å²) >= 11 is 0. The van der Waals surface area contributed by atoms with E-state index in [1.807, 2.05) is 0 Å². The first-order valence-electron chi connectivity index (χ1n) is 5.08. The topological polar surface area (TPSA) is 79.5 Å². The molecule has 86 valence electrons. The molecule has 6 nitrogen and oxygen atoms in total. The van der Waals surface area contributed by atoms with Gasteiger partial charge in [-0.15, -0.1) is 0 Å². The van der Waals surface area contributed by atoms with Crippen LogP contribution in [0.4, 0.5) is 4.79 Å². The Morgan fingerprint density at radius 2 is 2.20 bits per heavy atom. The third-order valence-corrected chi connectivity index (χ3v) is 2.08. The molecule has 1 atom stereocenters. The van der Waals surface area contributed by atoms with Crippen LogP contribution in [-0.2, 0) is 9.53 Å². The maximum atomic E-state index is 11.4. The summed E-state index contributed by atoms with van der Waals surface area (Å²) in [5.74, 6) is -0.409. The predicted molar refractivity (Wildman–Crippen MR) is 54.4 cm³/mol. The van der Waals surface area contributed by atoms with Crippen molar-refractivity contribution in [2.45, 2.75) is 26.1 Å². The minimum absolute atomic E-state index is 0.0833. The first-order chi connectivity index (χ1) is 7.13. The Morgan fingerprint density at radius 3 is 2.67 bits per heavy atom. The molecule has 0 saturated carbocycles. The zero-order valence-corrected chi connectivity index (χ0v) is 9.00. The number of ether oxygens (including phenoxy) is 1. The highest BCUT2D eigenvalue weighted by molar-refractivity contribution is 5.96. The average Bonchev–Trinajstić information content (AvgIpc) is 2.11. The fraction of sp³-hybridized carbons (Fsp3) is 0.778. The minimum Gasteiger partial charge on any atom is -0.363 e. The van der Waals surface area contributed by atoms with Gasteiger partial charge in [-0.2, -0.15) is 0 Å². The van der Waals surface area contributed by atoms with Gasteiger partial charge >= 0.3 is 6.03 Å². The lowest BCUT2D eigenvalue weighted by molar-refractivity contribution is -0.135. The molecule has 0 radical (unpaired) electrons. The maximum absolute atomic E-state index is 11.4.